The summed E-state index contributed by atoms with van der Waals surface area (Å²) in [5, 5.41) is 19.5. The minimum absolute atomic E-state index is 0.00393. The topological polar surface area (TPSA) is 102 Å². The van der Waals surface area contributed by atoms with Crippen LogP contribution in [0.1, 0.15) is 27.7 Å². The van der Waals surface area contributed by atoms with Crippen LogP contribution in [0.3, 0.4) is 0 Å². The Morgan fingerprint density at radius 2 is 1.86 bits per heavy atom. The van der Waals surface area contributed by atoms with E-state index < -0.39 is 44.7 Å². The van der Waals surface area contributed by atoms with E-state index in [1.54, 1.807) is 0 Å². The molecule has 1 rings (SSSR count). The summed E-state index contributed by atoms with van der Waals surface area (Å²) in [6.07, 6.45) is -5.34. The molecule has 1 fully saturated rings. The van der Waals surface area contributed by atoms with Crippen molar-refractivity contribution in [2.24, 2.45) is 0 Å². The summed E-state index contributed by atoms with van der Waals surface area (Å²) < 4.78 is 16.0. The molecule has 2 N–H and O–H groups in total. The maximum atomic E-state index is 11.6. The first-order valence-corrected chi connectivity index (χ1v) is 10.2. The van der Waals surface area contributed by atoms with E-state index in [4.69, 9.17) is 13.9 Å². The molecule has 7 nitrogen and oxygen atoms in total. The Bertz CT molecular complexity index is 429. The van der Waals surface area contributed by atoms with Crippen molar-refractivity contribution >= 4 is 20.3 Å². The Balaban J connectivity index is 2.84. The lowest BCUT2D eigenvalue weighted by Gasteiger charge is -2.40. The minimum Gasteiger partial charge on any atom is -0.456 e. The van der Waals surface area contributed by atoms with Crippen molar-refractivity contribution in [3.63, 3.8) is 0 Å². The summed E-state index contributed by atoms with van der Waals surface area (Å²) in [5.41, 5.74) is 0. The van der Waals surface area contributed by atoms with E-state index in [2.05, 4.69) is 20.8 Å². The normalized spacial score (nSPS) is 29.9. The molecule has 1 aliphatic rings. The van der Waals surface area contributed by atoms with E-state index in [1.807, 2.05) is 13.1 Å². The molecule has 0 amide bonds. The highest BCUT2D eigenvalue weighted by Crippen LogP contribution is 2.37. The van der Waals surface area contributed by atoms with E-state index in [1.165, 1.54) is 6.92 Å². The molecule has 0 aromatic carbocycles. The number of carbonyl (C=O) groups is 2. The lowest BCUT2D eigenvalue weighted by atomic mass is 10.00. The third kappa shape index (κ3) is 4.28. The molecule has 1 aliphatic heterocycles. The molecule has 128 valence electrons. The maximum absolute atomic E-state index is 11.6. The van der Waals surface area contributed by atoms with Gasteiger partial charge in [0.05, 0.1) is 6.61 Å². The molecule has 0 saturated carbocycles. The molecular weight excluding hydrogens is 308 g/mol. The van der Waals surface area contributed by atoms with Crippen molar-refractivity contribution in [1.29, 1.82) is 0 Å². The van der Waals surface area contributed by atoms with Crippen LogP contribution in [0, 0.1) is 0 Å². The Morgan fingerprint density at radius 3 is 2.32 bits per heavy atom. The van der Waals surface area contributed by atoms with Crippen molar-refractivity contribution in [1.82, 2.24) is 0 Å². The number of aliphatic hydroxyl groups is 2. The highest BCUT2D eigenvalue weighted by Gasteiger charge is 2.48. The quantitative estimate of drug-likeness (QED) is 0.573. The summed E-state index contributed by atoms with van der Waals surface area (Å²) >= 11 is 0. The predicted molar refractivity (Wildman–Crippen MR) is 80.6 cm³/mol. The third-order valence-corrected chi connectivity index (χ3v) is 8.75. The summed E-state index contributed by atoms with van der Waals surface area (Å²) in [4.78, 5) is 22.7. The van der Waals surface area contributed by atoms with E-state index in [0.29, 0.717) is 0 Å². The number of ether oxygens (including phenoxy) is 2. The van der Waals surface area contributed by atoms with Gasteiger partial charge in [0.2, 0.25) is 0 Å². The van der Waals surface area contributed by atoms with Crippen LogP contribution >= 0.6 is 0 Å². The first kappa shape index (κ1) is 19.1. The van der Waals surface area contributed by atoms with Crippen LogP contribution in [0.5, 0.6) is 0 Å². The third-order valence-electron chi connectivity index (χ3n) is 4.25. The zero-order valence-electron chi connectivity index (χ0n) is 14.0. The number of aliphatic hydroxyl groups excluding tert-OH is 2. The molecule has 0 aromatic rings. The molecule has 1 heterocycles. The van der Waals surface area contributed by atoms with Gasteiger partial charge in [-0.15, -0.1) is 0 Å². The molecule has 1 saturated heterocycles. The predicted octanol–water partition coefficient (Wildman–Crippen LogP) is 0.587. The van der Waals surface area contributed by atoms with Crippen molar-refractivity contribution < 1.29 is 33.7 Å². The highest BCUT2D eigenvalue weighted by molar-refractivity contribution is 6.74. The Kier molecular flexibility index (Phi) is 5.77. The number of carbonyl (C=O) groups excluding carboxylic acids is 2. The van der Waals surface area contributed by atoms with Crippen molar-refractivity contribution in [3.8, 4) is 0 Å². The molecule has 22 heavy (non-hydrogen) atoms. The van der Waals surface area contributed by atoms with Gasteiger partial charge < -0.3 is 24.1 Å². The average Bonchev–Trinajstić information content (AvgIpc) is 2.36. The van der Waals surface area contributed by atoms with Gasteiger partial charge in [0.1, 0.15) is 6.10 Å². The van der Waals surface area contributed by atoms with E-state index in [9.17, 15) is 19.8 Å². The summed E-state index contributed by atoms with van der Waals surface area (Å²) in [6, 6.07) is 0. The fraction of sp³-hybridized carbons (Fsp3) is 0.857. The van der Waals surface area contributed by atoms with Gasteiger partial charge in [0.15, 0.2) is 26.6 Å². The number of cyclic esters (lactones) is 1. The van der Waals surface area contributed by atoms with E-state index >= 15 is 0 Å². The molecular formula is C14H26O7Si. The minimum atomic E-state index is -2.10. The number of hydrogen-bond acceptors (Lipinski definition) is 7. The Labute approximate surface area is 131 Å². The molecule has 8 heteroatoms. The first-order chi connectivity index (χ1) is 9.86. The second-order valence-corrected chi connectivity index (χ2v) is 11.9. The lowest BCUT2D eigenvalue weighted by molar-refractivity contribution is -0.215. The lowest BCUT2D eigenvalue weighted by Crippen LogP contribution is -2.59. The van der Waals surface area contributed by atoms with Crippen LogP contribution in [-0.4, -0.2) is 61.5 Å². The van der Waals surface area contributed by atoms with E-state index in [-0.39, 0.29) is 11.6 Å². The Hall–Kier alpha value is -0.963. The van der Waals surface area contributed by atoms with Crippen molar-refractivity contribution in [2.75, 3.05) is 6.61 Å². The van der Waals surface area contributed by atoms with Crippen LogP contribution in [0.15, 0.2) is 0 Å². The van der Waals surface area contributed by atoms with E-state index in [0.717, 1.165) is 0 Å². The molecule has 4 atom stereocenters. The summed E-state index contributed by atoms with van der Waals surface area (Å²) in [7, 11) is -2.10. The SMILES string of the molecule is CC(=O)O[C@@H]1[C@@H](O)[C@@H](O)C(=O)O[C@@H]1CO[Si](C)(C)C(C)(C)C. The van der Waals surface area contributed by atoms with Gasteiger partial charge in [-0.3, -0.25) is 4.79 Å². The zero-order valence-corrected chi connectivity index (χ0v) is 15.0. The van der Waals surface area contributed by atoms with Crippen molar-refractivity contribution in [2.45, 2.75) is 70.2 Å². The molecule has 0 spiro atoms. The molecule has 0 unspecified atom stereocenters. The standard InChI is InChI=1S/C14H26O7Si/c1-8(15)20-12-9(21-13(18)11(17)10(12)16)7-19-22(5,6)14(2,3)4/h9-12,16-17H,7H2,1-6H3/t9-,10+,11-,12+/m1/s1. The average molecular weight is 334 g/mol. The summed E-state index contributed by atoms with van der Waals surface area (Å²) in [5.74, 6) is -1.58. The highest BCUT2D eigenvalue weighted by atomic mass is 28.4. The van der Waals surface area contributed by atoms with Crippen LogP contribution in [0.25, 0.3) is 0 Å². The van der Waals surface area contributed by atoms with Gasteiger partial charge in [0, 0.05) is 6.92 Å². The summed E-state index contributed by atoms with van der Waals surface area (Å²) in [6.45, 7) is 11.4. The second kappa shape index (κ2) is 6.65. The van der Waals surface area contributed by atoms with Gasteiger partial charge in [-0.2, -0.15) is 0 Å². The first-order valence-electron chi connectivity index (χ1n) is 7.24. The smallest absolute Gasteiger partial charge is 0.338 e. The largest absolute Gasteiger partial charge is 0.456 e. The van der Waals surface area contributed by atoms with Gasteiger partial charge >= 0.3 is 11.9 Å². The second-order valence-electron chi connectivity index (χ2n) is 7.06. The molecule has 0 radical (unpaired) electrons. The Morgan fingerprint density at radius 1 is 1.32 bits per heavy atom. The number of rotatable bonds is 4. The van der Waals surface area contributed by atoms with Crippen LogP contribution in [0.2, 0.25) is 18.1 Å². The van der Waals surface area contributed by atoms with Crippen LogP contribution < -0.4 is 0 Å². The molecule has 0 bridgehead atoms. The zero-order chi connectivity index (χ0) is 17.3. The monoisotopic (exact) mass is 334 g/mol. The fourth-order valence-electron chi connectivity index (χ4n) is 1.80. The number of esters is 2. The maximum Gasteiger partial charge on any atom is 0.338 e. The molecule has 0 aliphatic carbocycles. The van der Waals surface area contributed by atoms with Crippen molar-refractivity contribution in [3.05, 3.63) is 0 Å². The van der Waals surface area contributed by atoms with Crippen LogP contribution in [-0.2, 0) is 23.5 Å². The fourth-order valence-corrected chi connectivity index (χ4v) is 2.81. The van der Waals surface area contributed by atoms with Gasteiger partial charge in [-0.1, -0.05) is 20.8 Å². The number of hydrogen-bond donors (Lipinski definition) is 2. The van der Waals surface area contributed by atoms with Crippen LogP contribution in [0.4, 0.5) is 0 Å². The van der Waals surface area contributed by atoms with Gasteiger partial charge in [0.25, 0.3) is 0 Å². The molecule has 0 aromatic heterocycles. The van der Waals surface area contributed by atoms with Gasteiger partial charge in [-0.05, 0) is 18.1 Å². The van der Waals surface area contributed by atoms with Gasteiger partial charge in [-0.25, -0.2) is 4.79 Å².